The smallest absolute Gasteiger partial charge is 0.165 e. The molecule has 8 heterocycles. The summed E-state index contributed by atoms with van der Waals surface area (Å²) in [6.45, 7) is 70.5. The molecule has 0 atom stereocenters. The van der Waals surface area contributed by atoms with Crippen LogP contribution >= 0.6 is 135 Å². The zero-order valence-corrected chi connectivity index (χ0v) is 108. The Kier molecular flexibility index (Phi) is 57.8. The van der Waals surface area contributed by atoms with Crippen LogP contribution in [0.2, 0.25) is 10.0 Å². The largest absolute Gasteiger partial charge is 0.505 e. The van der Waals surface area contributed by atoms with Crippen molar-refractivity contribution in [3.63, 3.8) is 0 Å². The minimum absolute atomic E-state index is 0. The first kappa shape index (κ1) is 131. The van der Waals surface area contributed by atoms with Gasteiger partial charge in [-0.15, -0.1) is 0 Å². The Morgan fingerprint density at radius 2 is 0.593 bits per heavy atom. The van der Waals surface area contributed by atoms with Crippen LogP contribution < -0.4 is 29.4 Å². The summed E-state index contributed by atoms with van der Waals surface area (Å²) in [6.07, 6.45) is 14.5. The summed E-state index contributed by atoms with van der Waals surface area (Å²) in [7, 11) is 17.0. The van der Waals surface area contributed by atoms with Gasteiger partial charge in [0, 0.05) is 208 Å². The van der Waals surface area contributed by atoms with Crippen molar-refractivity contribution in [2.75, 3.05) is 269 Å². The van der Waals surface area contributed by atoms with E-state index in [4.69, 9.17) is 28.3 Å². The summed E-state index contributed by atoms with van der Waals surface area (Å²) in [4.78, 5) is 37.4. The number of aromatic hydroxyl groups is 1. The lowest BCUT2D eigenvalue weighted by Gasteiger charge is -2.43. The first-order valence-corrected chi connectivity index (χ1v) is 62.2. The zero-order chi connectivity index (χ0) is 109. The Balaban J connectivity index is 0.000000211. The highest BCUT2D eigenvalue weighted by Crippen LogP contribution is 2.42. The van der Waals surface area contributed by atoms with Gasteiger partial charge in [-0.1, -0.05) is 216 Å². The number of likely N-dealkylation sites (tertiary alicyclic amines) is 1. The van der Waals surface area contributed by atoms with Crippen molar-refractivity contribution in [1.29, 1.82) is 0 Å². The molecule has 0 amide bonds. The van der Waals surface area contributed by atoms with Crippen molar-refractivity contribution in [2.45, 2.75) is 261 Å². The average Bonchev–Trinajstić information content (AvgIpc) is 0.788. The summed E-state index contributed by atoms with van der Waals surface area (Å²) in [5.74, 6) is 3.43. The van der Waals surface area contributed by atoms with E-state index in [9.17, 15) is 4.39 Å². The van der Waals surface area contributed by atoms with Crippen LogP contribution in [0.3, 0.4) is 0 Å². The molecule has 8 aliphatic heterocycles. The van der Waals surface area contributed by atoms with Crippen molar-refractivity contribution in [3.8, 4) is 5.75 Å². The molecule has 16 rings (SSSR count). The molecule has 0 spiro atoms. The fraction of sp³-hybridized carbons (Fsp3) is 0.613. The van der Waals surface area contributed by atoms with E-state index >= 15 is 0 Å². The standard InChI is InChI=1S/C19H29Br2N3.C19H30BrN3.C19H29BrN2.C18H30BrN3.C18H30ClN3.C11H16ClN.C10H12Br2.C9H11FO.CH4/c1-14(2)15-12-17(20)19(18(21)13-15)24-6-4-16(5-7-24)23-10-8-22(3)9-11-23;1-15(2)16-4-5-19(18(20)14-16)23-8-6-17(7-9-23)22-12-10-21(3)11-13-22;1-15(2)16-6-7-19(18(20)14-16)22-12-8-17(9-13-22)21-10-4-3-5-11-21;2*1-15(2)16-6-7-18(17(19)14-16)22-12-10-21(11-13-22)9-5-8-20(3)4;1-8(2)9-5-6-11(13(3)4)10(12)7-9;1-6(2)8-4-9(11)7(3)10(12)5-8;1-6(2)7-3-4-9(11)8(10)5-7;/h12-14,16H,4-11H2,1-3H3;4-5,14-15,17H,6-13H2,1-3H3;6-7,14-15,17H,3-5,8-13H2,1-2H3;2*6-7,14-15H,5,8-13H2,1-4H3;5-8H,1-4H3;4-6H,1-3H3;3-6,11H,1-2H3;1H4. The summed E-state index contributed by atoms with van der Waals surface area (Å²) in [5, 5.41) is 10.6. The van der Waals surface area contributed by atoms with E-state index in [1.807, 2.05) is 38.9 Å². The van der Waals surface area contributed by atoms with Crippen molar-refractivity contribution in [3.05, 3.63) is 231 Å². The minimum atomic E-state index is -0.545. The van der Waals surface area contributed by atoms with Crippen molar-refractivity contribution >= 4 is 169 Å². The van der Waals surface area contributed by atoms with Gasteiger partial charge in [0.2, 0.25) is 0 Å². The van der Waals surface area contributed by atoms with Gasteiger partial charge in [-0.25, -0.2) is 4.39 Å². The highest BCUT2D eigenvalue weighted by atomic mass is 79.9. The molecule has 0 aromatic heterocycles. The van der Waals surface area contributed by atoms with Crippen molar-refractivity contribution in [1.82, 2.24) is 44.1 Å². The third-order valence-electron chi connectivity index (χ3n) is 31.0. The SMILES string of the molecule is C.CC(C)c1cc(Br)c(N2CCC(N3CCN(C)CC3)CC2)c(Br)c1.CC(C)c1ccc(N(C)C)c(Cl)c1.CC(C)c1ccc(N2CCC(N3CCCCC3)CC2)c(Br)c1.CC(C)c1ccc(N2CCC(N3CCN(C)CC3)CC2)c(Br)c1.CC(C)c1ccc(N2CCN(CCCN(C)C)CC2)c(Br)c1.CC(C)c1ccc(N2CCN(CCCN(C)C)CC2)c(Cl)c1.CC(C)c1ccc(O)c(F)c1.Cc1c(Br)cc(C(C)C)cc1Br. The number of likely N-dealkylation sites (N-methyl/N-ethyl adjacent to an activating group) is 2. The van der Waals surface area contributed by atoms with Gasteiger partial charge >= 0.3 is 0 Å². The lowest BCUT2D eigenvalue weighted by molar-refractivity contribution is 0.0982. The molecule has 8 fully saturated rings. The van der Waals surface area contributed by atoms with Crippen LogP contribution in [0.5, 0.6) is 5.75 Å². The molecule has 1 N–H and O–H groups in total. The van der Waals surface area contributed by atoms with Crippen molar-refractivity contribution < 1.29 is 9.50 Å². The van der Waals surface area contributed by atoms with E-state index in [-0.39, 0.29) is 13.2 Å². The fourth-order valence-corrected chi connectivity index (χ4v) is 26.2. The monoisotopic (exact) mass is 2550 g/mol. The van der Waals surface area contributed by atoms with Crippen LogP contribution in [0.4, 0.5) is 38.5 Å². The van der Waals surface area contributed by atoms with Gasteiger partial charge in [0.05, 0.1) is 44.2 Å². The molecule has 26 heteroatoms. The molecule has 0 saturated carbocycles. The summed E-state index contributed by atoms with van der Waals surface area (Å²) in [6, 6.07) is 49.2. The quantitative estimate of drug-likeness (QED) is 0.0590. The van der Waals surface area contributed by atoms with E-state index in [0.29, 0.717) is 47.3 Å². The number of rotatable bonds is 25. The van der Waals surface area contributed by atoms with Crippen LogP contribution in [0.25, 0.3) is 0 Å². The summed E-state index contributed by atoms with van der Waals surface area (Å²) >= 11 is 38.7. The Hall–Kier alpha value is -4.13. The first-order valence-electron chi connectivity index (χ1n) is 55.9. The number of hydrogen-bond donors (Lipinski definition) is 1. The van der Waals surface area contributed by atoms with E-state index in [1.54, 1.807) is 6.07 Å². The molecule has 8 aromatic carbocycles. The molecule has 8 saturated heterocycles. The minimum Gasteiger partial charge on any atom is -0.505 e. The molecular weight excluding hydrogens is 2360 g/mol. The average molecular weight is 2560 g/mol. The Morgan fingerprint density at radius 3 is 0.907 bits per heavy atom. The second kappa shape index (κ2) is 66.2. The molecule has 150 heavy (non-hydrogen) atoms. The number of nitrogens with zero attached hydrogens (tertiary/aromatic N) is 15. The maximum atomic E-state index is 12.7. The lowest BCUT2D eigenvalue weighted by atomic mass is 9.98. The third-order valence-corrected chi connectivity index (χ3v) is 36.3. The fourth-order valence-electron chi connectivity index (χ4n) is 20.6. The predicted molar refractivity (Wildman–Crippen MR) is 679 cm³/mol. The molecule has 0 bridgehead atoms. The molecule has 8 aliphatic rings. The van der Waals surface area contributed by atoms with Gasteiger partial charge < -0.3 is 59.0 Å². The molecule has 0 unspecified atom stereocenters. The number of phenolic OH excluding ortho intramolecular Hbond substituents is 1. The number of hydrogen-bond acceptors (Lipinski definition) is 16. The second-order valence-electron chi connectivity index (χ2n) is 45.7. The van der Waals surface area contributed by atoms with E-state index in [1.165, 1.54) is 318 Å². The van der Waals surface area contributed by atoms with Crippen LogP contribution in [0, 0.1) is 12.7 Å². The number of piperazine rings is 4. The van der Waals surface area contributed by atoms with Crippen LogP contribution in [-0.2, 0) is 0 Å². The maximum absolute atomic E-state index is 12.7. The van der Waals surface area contributed by atoms with Crippen LogP contribution in [0.1, 0.15) is 286 Å². The van der Waals surface area contributed by atoms with Crippen LogP contribution in [0.15, 0.2) is 165 Å². The highest BCUT2D eigenvalue weighted by Gasteiger charge is 2.33. The number of benzene rings is 8. The molecule has 16 nitrogen and oxygen atoms in total. The first-order chi connectivity index (χ1) is 70.7. The summed E-state index contributed by atoms with van der Waals surface area (Å²) in [5.41, 5.74) is 19.4. The Morgan fingerprint density at radius 1 is 0.313 bits per heavy atom. The maximum Gasteiger partial charge on any atom is 0.165 e. The molecule has 0 aliphatic carbocycles. The number of piperidine rings is 4. The zero-order valence-electron chi connectivity index (χ0n) is 95.6. The molecule has 838 valence electrons. The van der Waals surface area contributed by atoms with E-state index < -0.39 is 5.82 Å². The predicted octanol–water partition coefficient (Wildman–Crippen LogP) is 32.0. The van der Waals surface area contributed by atoms with Gasteiger partial charge in [0.25, 0.3) is 0 Å². The van der Waals surface area contributed by atoms with E-state index in [2.05, 4.69) is 435 Å². The lowest BCUT2D eigenvalue weighted by Crippen LogP contribution is -2.52. The highest BCUT2D eigenvalue weighted by molar-refractivity contribution is 9.12. The topological polar surface area (TPSA) is 68.8 Å². The normalized spacial score (nSPS) is 17.5. The van der Waals surface area contributed by atoms with Gasteiger partial charge in [-0.3, -0.25) is 19.6 Å². The van der Waals surface area contributed by atoms with Crippen molar-refractivity contribution in [2.24, 2.45) is 0 Å². The van der Waals surface area contributed by atoms with Gasteiger partial charge in [0.15, 0.2) is 11.6 Å². The third kappa shape index (κ3) is 42.2. The molecular formula is C124H191Br7Cl2FN15O. The Bertz CT molecular complexity index is 5120. The molecule has 0 radical (unpaired) electrons. The number of anilines is 6. The summed E-state index contributed by atoms with van der Waals surface area (Å²) < 4.78 is 21.2. The Labute approximate surface area is 980 Å². The number of halogens is 10. The molecule has 8 aromatic rings. The number of phenols is 1. The van der Waals surface area contributed by atoms with Gasteiger partial charge in [0.1, 0.15) is 0 Å². The van der Waals surface area contributed by atoms with Gasteiger partial charge in [-0.2, -0.15) is 0 Å². The van der Waals surface area contributed by atoms with Crippen LogP contribution in [-0.4, -0.2) is 307 Å². The van der Waals surface area contributed by atoms with Gasteiger partial charge in [-0.05, 0) is 427 Å². The van der Waals surface area contributed by atoms with E-state index in [0.717, 1.165) is 91.8 Å². The second-order valence-corrected chi connectivity index (χ2v) is 52.5.